The Labute approximate surface area is 143 Å². The van der Waals surface area contributed by atoms with Gasteiger partial charge in [0.05, 0.1) is 6.54 Å². The number of carboxylic acids is 1. The molecule has 1 saturated heterocycles. The van der Waals surface area contributed by atoms with Crippen molar-refractivity contribution in [3.63, 3.8) is 0 Å². The first-order chi connectivity index (χ1) is 11.5. The summed E-state index contributed by atoms with van der Waals surface area (Å²) in [5, 5.41) is 8.97. The number of carboxylic acid groups (broad SMARTS) is 1. The van der Waals surface area contributed by atoms with Crippen LogP contribution < -0.4 is 0 Å². The van der Waals surface area contributed by atoms with E-state index in [1.54, 1.807) is 4.90 Å². The lowest BCUT2D eigenvalue weighted by molar-refractivity contribution is -0.138. The minimum absolute atomic E-state index is 0.00283. The molecular weight excluding hydrogens is 308 g/mol. The van der Waals surface area contributed by atoms with Gasteiger partial charge in [-0.05, 0) is 38.8 Å². The molecular formula is C18H26N2O4. The lowest BCUT2D eigenvalue weighted by Gasteiger charge is -2.40. The Hall–Kier alpha value is -2.08. The molecule has 6 heteroatoms. The van der Waals surface area contributed by atoms with Crippen LogP contribution in [0.2, 0.25) is 0 Å². The van der Waals surface area contributed by atoms with Gasteiger partial charge in [0.1, 0.15) is 6.61 Å². The average molecular weight is 334 g/mol. The van der Waals surface area contributed by atoms with Crippen molar-refractivity contribution in [2.45, 2.75) is 45.4 Å². The number of aliphatic carboxylic acids is 1. The maximum absolute atomic E-state index is 12.6. The van der Waals surface area contributed by atoms with Crippen molar-refractivity contribution in [2.75, 3.05) is 19.6 Å². The largest absolute Gasteiger partial charge is 0.480 e. The zero-order valence-corrected chi connectivity index (χ0v) is 14.4. The van der Waals surface area contributed by atoms with E-state index in [-0.39, 0.29) is 31.3 Å². The van der Waals surface area contributed by atoms with Crippen molar-refractivity contribution in [1.29, 1.82) is 0 Å². The molecule has 0 aromatic heterocycles. The van der Waals surface area contributed by atoms with Crippen molar-refractivity contribution < 1.29 is 19.4 Å². The van der Waals surface area contributed by atoms with Crippen LogP contribution in [0.1, 0.15) is 32.3 Å². The van der Waals surface area contributed by atoms with Gasteiger partial charge in [-0.25, -0.2) is 4.79 Å². The molecule has 1 atom stereocenters. The van der Waals surface area contributed by atoms with Crippen LogP contribution in [-0.2, 0) is 16.1 Å². The van der Waals surface area contributed by atoms with Gasteiger partial charge in [0.2, 0.25) is 0 Å². The van der Waals surface area contributed by atoms with Crippen molar-refractivity contribution in [3.05, 3.63) is 35.9 Å². The average Bonchev–Trinajstić information content (AvgIpc) is 2.53. The first-order valence-corrected chi connectivity index (χ1v) is 8.40. The number of ether oxygens (including phenoxy) is 1. The molecule has 1 heterocycles. The van der Waals surface area contributed by atoms with Gasteiger partial charge in [-0.2, -0.15) is 0 Å². The van der Waals surface area contributed by atoms with E-state index in [0.29, 0.717) is 6.54 Å². The van der Waals surface area contributed by atoms with Crippen molar-refractivity contribution >= 4 is 12.1 Å². The fourth-order valence-electron chi connectivity index (χ4n) is 3.17. The van der Waals surface area contributed by atoms with Crippen LogP contribution in [0.4, 0.5) is 4.79 Å². The Morgan fingerprint density at radius 2 is 2.04 bits per heavy atom. The predicted octanol–water partition coefficient (Wildman–Crippen LogP) is 2.58. The quantitative estimate of drug-likeness (QED) is 0.866. The summed E-state index contributed by atoms with van der Waals surface area (Å²) in [5.74, 6) is -0.835. The molecule has 0 unspecified atom stereocenters. The second-order valence-corrected chi connectivity index (χ2v) is 6.47. The van der Waals surface area contributed by atoms with Crippen LogP contribution in [0, 0.1) is 0 Å². The maximum Gasteiger partial charge on any atom is 0.410 e. The highest BCUT2D eigenvalue weighted by atomic mass is 16.6. The molecule has 0 aliphatic carbocycles. The number of carbonyl (C=O) groups is 2. The summed E-state index contributed by atoms with van der Waals surface area (Å²) in [6, 6.07) is 9.57. The predicted molar refractivity (Wildman–Crippen MR) is 90.7 cm³/mol. The van der Waals surface area contributed by atoms with Crippen molar-refractivity contribution in [2.24, 2.45) is 0 Å². The fraction of sp³-hybridized carbons (Fsp3) is 0.556. The van der Waals surface area contributed by atoms with E-state index in [1.807, 2.05) is 49.1 Å². The van der Waals surface area contributed by atoms with Gasteiger partial charge in [-0.3, -0.25) is 9.69 Å². The van der Waals surface area contributed by atoms with Crippen molar-refractivity contribution in [3.8, 4) is 0 Å². The van der Waals surface area contributed by atoms with E-state index in [0.717, 1.165) is 24.9 Å². The second-order valence-electron chi connectivity index (χ2n) is 6.47. The van der Waals surface area contributed by atoms with E-state index in [9.17, 15) is 9.59 Å². The molecule has 1 N–H and O–H groups in total. The number of nitrogens with zero attached hydrogens (tertiary/aromatic N) is 2. The molecule has 0 saturated carbocycles. The molecule has 6 nitrogen and oxygen atoms in total. The number of benzene rings is 1. The number of piperidine rings is 1. The molecule has 0 radical (unpaired) electrons. The normalized spacial score (nSPS) is 18.4. The van der Waals surface area contributed by atoms with E-state index in [4.69, 9.17) is 9.84 Å². The monoisotopic (exact) mass is 334 g/mol. The summed E-state index contributed by atoms with van der Waals surface area (Å²) in [5.41, 5.74) is 0.950. The van der Waals surface area contributed by atoms with Gasteiger partial charge in [0.15, 0.2) is 0 Å². The molecule has 132 valence electrons. The van der Waals surface area contributed by atoms with Gasteiger partial charge in [0.25, 0.3) is 0 Å². The third-order valence-electron chi connectivity index (χ3n) is 4.21. The summed E-state index contributed by atoms with van der Waals surface area (Å²) < 4.78 is 5.47. The number of rotatable bonds is 6. The lowest BCUT2D eigenvalue weighted by atomic mass is 10.0. The molecule has 0 bridgehead atoms. The van der Waals surface area contributed by atoms with E-state index < -0.39 is 5.97 Å². The SMILES string of the molecule is CC(C)N(C(=O)OCc1ccccc1)[C@H]1CCCN(CC(=O)O)C1. The van der Waals surface area contributed by atoms with Gasteiger partial charge in [-0.15, -0.1) is 0 Å². The van der Waals surface area contributed by atoms with Crippen LogP contribution in [-0.4, -0.2) is 58.7 Å². The number of likely N-dealkylation sites (tertiary alicyclic amines) is 1. The Kier molecular flexibility index (Phi) is 6.61. The summed E-state index contributed by atoms with van der Waals surface area (Å²) in [6.07, 6.45) is 1.41. The Morgan fingerprint density at radius 1 is 1.33 bits per heavy atom. The Bertz CT molecular complexity index is 547. The summed E-state index contributed by atoms with van der Waals surface area (Å²) >= 11 is 0. The molecule has 1 aromatic rings. The Morgan fingerprint density at radius 3 is 2.67 bits per heavy atom. The van der Waals surface area contributed by atoms with Crippen molar-refractivity contribution in [1.82, 2.24) is 9.80 Å². The zero-order valence-electron chi connectivity index (χ0n) is 14.4. The number of amides is 1. The zero-order chi connectivity index (χ0) is 17.5. The van der Waals surface area contributed by atoms with E-state index in [2.05, 4.69) is 0 Å². The first kappa shape index (κ1) is 18.3. The minimum atomic E-state index is -0.835. The number of hydrogen-bond acceptors (Lipinski definition) is 4. The topological polar surface area (TPSA) is 70.1 Å². The summed E-state index contributed by atoms with van der Waals surface area (Å²) in [7, 11) is 0. The number of hydrogen-bond donors (Lipinski definition) is 1. The molecule has 1 aliphatic rings. The van der Waals surface area contributed by atoms with Gasteiger partial charge >= 0.3 is 12.1 Å². The first-order valence-electron chi connectivity index (χ1n) is 8.40. The highest BCUT2D eigenvalue weighted by Crippen LogP contribution is 2.19. The molecule has 1 amide bonds. The fourth-order valence-corrected chi connectivity index (χ4v) is 3.17. The standard InChI is InChI=1S/C18H26N2O4/c1-14(2)20(16-9-6-10-19(11-16)12-17(21)22)18(23)24-13-15-7-4-3-5-8-15/h3-5,7-8,14,16H,6,9-13H2,1-2H3,(H,21,22)/t16-/m0/s1. The van der Waals surface area contributed by atoms with Crippen LogP contribution >= 0.6 is 0 Å². The van der Waals surface area contributed by atoms with E-state index >= 15 is 0 Å². The molecule has 2 rings (SSSR count). The maximum atomic E-state index is 12.6. The highest BCUT2D eigenvalue weighted by Gasteiger charge is 2.31. The molecule has 0 spiro atoms. The van der Waals surface area contributed by atoms with E-state index in [1.165, 1.54) is 0 Å². The van der Waals surface area contributed by atoms with Crippen LogP contribution in [0.3, 0.4) is 0 Å². The molecule has 1 aliphatic heterocycles. The van der Waals surface area contributed by atoms with Gasteiger partial charge < -0.3 is 14.7 Å². The van der Waals surface area contributed by atoms with Crippen LogP contribution in [0.25, 0.3) is 0 Å². The molecule has 24 heavy (non-hydrogen) atoms. The smallest absolute Gasteiger partial charge is 0.410 e. The van der Waals surface area contributed by atoms with Crippen LogP contribution in [0.15, 0.2) is 30.3 Å². The van der Waals surface area contributed by atoms with Crippen LogP contribution in [0.5, 0.6) is 0 Å². The molecule has 1 aromatic carbocycles. The third kappa shape index (κ3) is 5.23. The highest BCUT2D eigenvalue weighted by molar-refractivity contribution is 5.69. The number of carbonyl (C=O) groups excluding carboxylic acids is 1. The Balaban J connectivity index is 1.97. The summed E-state index contributed by atoms with van der Waals surface area (Å²) in [4.78, 5) is 27.1. The lowest BCUT2D eigenvalue weighted by Crippen LogP contribution is -2.53. The molecule has 1 fully saturated rings. The van der Waals surface area contributed by atoms with Gasteiger partial charge in [0, 0.05) is 18.6 Å². The van der Waals surface area contributed by atoms with Gasteiger partial charge in [-0.1, -0.05) is 30.3 Å². The summed E-state index contributed by atoms with van der Waals surface area (Å²) in [6.45, 7) is 5.51. The minimum Gasteiger partial charge on any atom is -0.480 e. The second kappa shape index (κ2) is 8.68. The third-order valence-corrected chi connectivity index (χ3v) is 4.21.